The molecule has 0 spiro atoms. The molecule has 1 heterocycles. The average Bonchev–Trinajstić information content (AvgIpc) is 2.61. The van der Waals surface area contributed by atoms with Crippen molar-refractivity contribution in [3.8, 4) is 0 Å². The van der Waals surface area contributed by atoms with Gasteiger partial charge < -0.3 is 15.8 Å². The summed E-state index contributed by atoms with van der Waals surface area (Å²) in [5, 5.41) is 2.88. The van der Waals surface area contributed by atoms with E-state index in [4.69, 9.17) is 10.5 Å². The summed E-state index contributed by atoms with van der Waals surface area (Å²) in [6, 6.07) is 4.62. The van der Waals surface area contributed by atoms with E-state index < -0.39 is 11.7 Å². The molecule has 0 saturated carbocycles. The first-order chi connectivity index (χ1) is 12.2. The van der Waals surface area contributed by atoms with Gasteiger partial charge in [-0.25, -0.2) is 0 Å². The molecule has 3 atom stereocenters. The van der Waals surface area contributed by atoms with Crippen molar-refractivity contribution in [2.24, 2.45) is 11.7 Å². The van der Waals surface area contributed by atoms with Crippen molar-refractivity contribution in [1.82, 2.24) is 10.2 Å². The Kier molecular flexibility index (Phi) is 11.4. The van der Waals surface area contributed by atoms with Crippen molar-refractivity contribution in [1.29, 1.82) is 0 Å². The maximum Gasteiger partial charge on any atom is 0.416 e. The van der Waals surface area contributed by atoms with E-state index in [2.05, 4.69) is 10.2 Å². The van der Waals surface area contributed by atoms with Crippen molar-refractivity contribution in [3.05, 3.63) is 35.4 Å². The Hall–Kier alpha value is -1.06. The second-order valence-corrected chi connectivity index (χ2v) is 6.68. The zero-order chi connectivity index (χ0) is 19.3. The van der Waals surface area contributed by atoms with Crippen LogP contribution in [0.3, 0.4) is 0 Å². The third-order valence-corrected chi connectivity index (χ3v) is 4.78. The number of hydrogen-bond acceptors (Lipinski definition) is 4. The van der Waals surface area contributed by atoms with Crippen molar-refractivity contribution in [2.45, 2.75) is 32.1 Å². The van der Waals surface area contributed by atoms with Crippen LogP contribution in [0, 0.1) is 5.92 Å². The molecule has 0 aliphatic carbocycles. The second kappa shape index (κ2) is 11.8. The maximum atomic E-state index is 12.8. The van der Waals surface area contributed by atoms with Gasteiger partial charge in [0.25, 0.3) is 0 Å². The highest BCUT2D eigenvalue weighted by Gasteiger charge is 2.31. The largest absolute Gasteiger partial charge is 0.416 e. The second-order valence-electron chi connectivity index (χ2n) is 6.68. The van der Waals surface area contributed by atoms with E-state index in [-0.39, 0.29) is 48.7 Å². The average molecular weight is 446 g/mol. The Morgan fingerprint density at radius 1 is 1.18 bits per heavy atom. The van der Waals surface area contributed by atoms with Crippen LogP contribution in [0.25, 0.3) is 0 Å². The predicted molar refractivity (Wildman–Crippen MR) is 107 cm³/mol. The number of halogens is 5. The van der Waals surface area contributed by atoms with E-state index in [0.717, 1.165) is 17.7 Å². The summed E-state index contributed by atoms with van der Waals surface area (Å²) in [7, 11) is 0. The summed E-state index contributed by atoms with van der Waals surface area (Å²) in [5.41, 5.74) is 5.81. The molecule has 0 bridgehead atoms. The van der Waals surface area contributed by atoms with Gasteiger partial charge in [0.2, 0.25) is 5.91 Å². The fraction of sp³-hybridized carbons (Fsp3) is 0.611. The number of rotatable bonds is 6. The first-order valence-electron chi connectivity index (χ1n) is 8.72. The van der Waals surface area contributed by atoms with Gasteiger partial charge in [-0.05, 0) is 24.6 Å². The summed E-state index contributed by atoms with van der Waals surface area (Å²) < 4.78 is 43.7. The highest BCUT2D eigenvalue weighted by atomic mass is 35.5. The maximum absolute atomic E-state index is 12.8. The molecule has 1 aromatic rings. The molecule has 1 aliphatic rings. The Morgan fingerprint density at radius 3 is 2.18 bits per heavy atom. The van der Waals surface area contributed by atoms with Gasteiger partial charge in [0.1, 0.15) is 0 Å². The van der Waals surface area contributed by atoms with Gasteiger partial charge >= 0.3 is 6.18 Å². The fourth-order valence-electron chi connectivity index (χ4n) is 2.84. The van der Waals surface area contributed by atoms with Gasteiger partial charge in [-0.15, -0.1) is 24.8 Å². The number of nitrogens with zero attached hydrogens (tertiary/aromatic N) is 1. The van der Waals surface area contributed by atoms with Crippen LogP contribution in [0.1, 0.15) is 31.0 Å². The number of amides is 1. The Labute approximate surface area is 176 Å². The lowest BCUT2D eigenvalue weighted by atomic mass is 10.0. The third kappa shape index (κ3) is 7.40. The Morgan fingerprint density at radius 2 is 1.71 bits per heavy atom. The molecule has 1 amide bonds. The van der Waals surface area contributed by atoms with Crippen LogP contribution in [0.5, 0.6) is 0 Å². The molecule has 1 saturated heterocycles. The highest BCUT2D eigenvalue weighted by Crippen LogP contribution is 2.31. The minimum Gasteiger partial charge on any atom is -0.379 e. The molecule has 0 radical (unpaired) electrons. The highest BCUT2D eigenvalue weighted by molar-refractivity contribution is 5.85. The fourth-order valence-corrected chi connectivity index (χ4v) is 2.84. The van der Waals surface area contributed by atoms with Crippen molar-refractivity contribution in [2.75, 3.05) is 32.8 Å². The van der Waals surface area contributed by atoms with E-state index in [0.29, 0.717) is 32.8 Å². The van der Waals surface area contributed by atoms with Crippen molar-refractivity contribution < 1.29 is 22.7 Å². The summed E-state index contributed by atoms with van der Waals surface area (Å²) in [5.74, 6) is -0.502. The number of ether oxygens (including phenoxy) is 1. The summed E-state index contributed by atoms with van der Waals surface area (Å²) >= 11 is 0. The molecule has 1 fully saturated rings. The SMILES string of the molecule is CC(N)C(C)C(=O)NCC(c1ccc(C(F)(F)F)cc1)N1CCOCC1.Cl.Cl. The normalized spacial score (nSPS) is 18.2. The summed E-state index contributed by atoms with van der Waals surface area (Å²) in [6.45, 7) is 6.25. The molecule has 1 aliphatic heterocycles. The molecule has 2 rings (SSSR count). The van der Waals surface area contributed by atoms with Crippen LogP contribution in [0.4, 0.5) is 13.2 Å². The van der Waals surface area contributed by atoms with Gasteiger partial charge in [0, 0.05) is 31.6 Å². The number of nitrogens with one attached hydrogen (secondary N) is 1. The standard InChI is InChI=1S/C18H26F3N3O2.2ClH/c1-12(13(2)22)17(25)23-11-16(24-7-9-26-10-8-24)14-3-5-15(6-4-14)18(19,20)21;;/h3-6,12-13,16H,7-11,22H2,1-2H3,(H,23,25);2*1H. The number of nitrogens with two attached hydrogens (primary N) is 1. The van der Waals surface area contributed by atoms with Gasteiger partial charge in [-0.2, -0.15) is 13.2 Å². The quantitative estimate of drug-likeness (QED) is 0.705. The number of hydrogen-bond donors (Lipinski definition) is 2. The Balaban J connectivity index is 0.00000364. The molecule has 28 heavy (non-hydrogen) atoms. The van der Waals surface area contributed by atoms with Crippen molar-refractivity contribution in [3.63, 3.8) is 0 Å². The van der Waals surface area contributed by atoms with E-state index in [1.165, 1.54) is 12.1 Å². The molecular weight excluding hydrogens is 418 g/mol. The zero-order valence-corrected chi connectivity index (χ0v) is 17.5. The first-order valence-corrected chi connectivity index (χ1v) is 8.72. The van der Waals surface area contributed by atoms with E-state index in [1.54, 1.807) is 13.8 Å². The van der Waals surface area contributed by atoms with Gasteiger partial charge in [-0.3, -0.25) is 9.69 Å². The van der Waals surface area contributed by atoms with E-state index in [9.17, 15) is 18.0 Å². The van der Waals surface area contributed by atoms with Crippen LogP contribution in [0.2, 0.25) is 0 Å². The minimum atomic E-state index is -4.37. The van der Waals surface area contributed by atoms with Crippen LogP contribution >= 0.6 is 24.8 Å². The molecular formula is C18H28Cl2F3N3O2. The van der Waals surface area contributed by atoms with Crippen LogP contribution in [0.15, 0.2) is 24.3 Å². The molecule has 1 aromatic carbocycles. The Bertz CT molecular complexity index is 595. The lowest BCUT2D eigenvalue weighted by molar-refractivity contribution is -0.137. The first kappa shape index (κ1) is 26.9. The van der Waals surface area contributed by atoms with Gasteiger partial charge in [0.05, 0.1) is 24.8 Å². The zero-order valence-electron chi connectivity index (χ0n) is 15.9. The number of morpholine rings is 1. The molecule has 3 unspecified atom stereocenters. The van der Waals surface area contributed by atoms with Crippen LogP contribution in [-0.4, -0.2) is 49.7 Å². The molecule has 162 valence electrons. The van der Waals surface area contributed by atoms with E-state index in [1.807, 2.05) is 0 Å². The van der Waals surface area contributed by atoms with Gasteiger partial charge in [-0.1, -0.05) is 19.1 Å². The lowest BCUT2D eigenvalue weighted by Crippen LogP contribution is -2.46. The van der Waals surface area contributed by atoms with Crippen LogP contribution < -0.4 is 11.1 Å². The van der Waals surface area contributed by atoms with Gasteiger partial charge in [0.15, 0.2) is 0 Å². The number of benzene rings is 1. The number of alkyl halides is 3. The topological polar surface area (TPSA) is 67.6 Å². The smallest absolute Gasteiger partial charge is 0.379 e. The summed E-state index contributed by atoms with van der Waals surface area (Å²) in [6.07, 6.45) is -4.37. The predicted octanol–water partition coefficient (Wildman–Crippen LogP) is 3.02. The molecule has 10 heteroatoms. The monoisotopic (exact) mass is 445 g/mol. The van der Waals surface area contributed by atoms with Crippen molar-refractivity contribution >= 4 is 30.7 Å². The lowest BCUT2D eigenvalue weighted by Gasteiger charge is -2.35. The minimum absolute atomic E-state index is 0. The summed E-state index contributed by atoms with van der Waals surface area (Å²) in [4.78, 5) is 14.3. The molecule has 5 nitrogen and oxygen atoms in total. The number of carbonyl (C=O) groups excluding carboxylic acids is 1. The van der Waals surface area contributed by atoms with E-state index >= 15 is 0 Å². The van der Waals surface area contributed by atoms with Crippen LogP contribution in [-0.2, 0) is 15.7 Å². The molecule has 3 N–H and O–H groups in total. The number of carbonyl (C=O) groups is 1. The molecule has 0 aromatic heterocycles. The third-order valence-electron chi connectivity index (χ3n) is 4.78.